The van der Waals surface area contributed by atoms with Crippen molar-refractivity contribution in [2.45, 2.75) is 40.3 Å². The standard InChI is InChI=1S/C15H20BrN3/c1-4-14-10(2)18-19(11(14)3)9-13-6-5-12(8-17)7-15(13)16/h5-7H,4,8-9,17H2,1-3H3. The van der Waals surface area contributed by atoms with Gasteiger partial charge in [-0.1, -0.05) is 35.0 Å². The van der Waals surface area contributed by atoms with Crippen LogP contribution in [0.15, 0.2) is 22.7 Å². The van der Waals surface area contributed by atoms with Crippen LogP contribution in [-0.2, 0) is 19.5 Å². The molecule has 0 amide bonds. The summed E-state index contributed by atoms with van der Waals surface area (Å²) in [5, 5.41) is 4.63. The molecule has 0 spiro atoms. The zero-order valence-electron chi connectivity index (χ0n) is 11.7. The molecule has 1 heterocycles. The Bertz CT molecular complexity index is 587. The number of aromatic nitrogens is 2. The van der Waals surface area contributed by atoms with Crippen molar-refractivity contribution < 1.29 is 0 Å². The summed E-state index contributed by atoms with van der Waals surface area (Å²) < 4.78 is 3.18. The van der Waals surface area contributed by atoms with E-state index in [4.69, 9.17) is 5.73 Å². The van der Waals surface area contributed by atoms with Crippen LogP contribution in [0.25, 0.3) is 0 Å². The van der Waals surface area contributed by atoms with E-state index >= 15 is 0 Å². The van der Waals surface area contributed by atoms with Gasteiger partial charge in [0, 0.05) is 16.7 Å². The van der Waals surface area contributed by atoms with Gasteiger partial charge in [-0.3, -0.25) is 4.68 Å². The third kappa shape index (κ3) is 2.90. The van der Waals surface area contributed by atoms with Crippen LogP contribution < -0.4 is 5.73 Å². The van der Waals surface area contributed by atoms with E-state index < -0.39 is 0 Å². The van der Waals surface area contributed by atoms with Crippen molar-refractivity contribution in [1.29, 1.82) is 0 Å². The first-order valence-corrected chi connectivity index (χ1v) is 7.36. The summed E-state index contributed by atoms with van der Waals surface area (Å²) in [6.07, 6.45) is 1.03. The summed E-state index contributed by atoms with van der Waals surface area (Å²) in [4.78, 5) is 0. The van der Waals surface area contributed by atoms with Crippen molar-refractivity contribution in [3.63, 3.8) is 0 Å². The zero-order chi connectivity index (χ0) is 14.0. The average molecular weight is 322 g/mol. The molecule has 0 fully saturated rings. The van der Waals surface area contributed by atoms with Crippen LogP contribution >= 0.6 is 15.9 Å². The third-order valence-electron chi connectivity index (χ3n) is 3.56. The van der Waals surface area contributed by atoms with Crippen molar-refractivity contribution in [2.24, 2.45) is 5.73 Å². The fourth-order valence-corrected chi connectivity index (χ4v) is 2.96. The summed E-state index contributed by atoms with van der Waals surface area (Å²) in [7, 11) is 0. The number of halogens is 1. The molecule has 0 atom stereocenters. The van der Waals surface area contributed by atoms with Crippen LogP contribution in [0.2, 0.25) is 0 Å². The molecule has 0 saturated carbocycles. The summed E-state index contributed by atoms with van der Waals surface area (Å²) in [5.41, 5.74) is 11.8. The summed E-state index contributed by atoms with van der Waals surface area (Å²) >= 11 is 3.62. The second-order valence-corrected chi connectivity index (χ2v) is 5.64. The first kappa shape index (κ1) is 14.3. The third-order valence-corrected chi connectivity index (χ3v) is 4.30. The lowest BCUT2D eigenvalue weighted by Gasteiger charge is -2.09. The highest BCUT2D eigenvalue weighted by molar-refractivity contribution is 9.10. The van der Waals surface area contributed by atoms with Crippen molar-refractivity contribution in [3.8, 4) is 0 Å². The molecule has 0 aliphatic rings. The number of nitrogens with zero attached hydrogens (tertiary/aromatic N) is 2. The highest BCUT2D eigenvalue weighted by Crippen LogP contribution is 2.21. The fourth-order valence-electron chi connectivity index (χ4n) is 2.41. The van der Waals surface area contributed by atoms with E-state index in [1.807, 2.05) is 0 Å². The van der Waals surface area contributed by atoms with Gasteiger partial charge in [-0.05, 0) is 43.0 Å². The van der Waals surface area contributed by atoms with Gasteiger partial charge in [0.05, 0.1) is 12.2 Å². The molecule has 3 nitrogen and oxygen atoms in total. The quantitative estimate of drug-likeness (QED) is 0.938. The van der Waals surface area contributed by atoms with Crippen LogP contribution in [0.4, 0.5) is 0 Å². The molecule has 0 saturated heterocycles. The molecule has 0 aliphatic heterocycles. The molecule has 2 aromatic rings. The topological polar surface area (TPSA) is 43.8 Å². The van der Waals surface area contributed by atoms with Gasteiger partial charge in [-0.25, -0.2) is 0 Å². The van der Waals surface area contributed by atoms with Crippen molar-refractivity contribution in [3.05, 3.63) is 50.8 Å². The Balaban J connectivity index is 2.31. The molecule has 0 aliphatic carbocycles. The van der Waals surface area contributed by atoms with Crippen LogP contribution in [0, 0.1) is 13.8 Å². The second-order valence-electron chi connectivity index (χ2n) is 4.79. The van der Waals surface area contributed by atoms with Crippen LogP contribution in [0.1, 0.15) is 35.0 Å². The van der Waals surface area contributed by atoms with Gasteiger partial charge in [0.1, 0.15) is 0 Å². The number of hydrogen-bond donors (Lipinski definition) is 1. The molecule has 1 aromatic heterocycles. The van der Waals surface area contributed by atoms with Crippen LogP contribution in [0.3, 0.4) is 0 Å². The van der Waals surface area contributed by atoms with Crippen molar-refractivity contribution in [1.82, 2.24) is 9.78 Å². The predicted octanol–water partition coefficient (Wildman–Crippen LogP) is 3.33. The molecular weight excluding hydrogens is 302 g/mol. The molecule has 0 unspecified atom stereocenters. The Labute approximate surface area is 122 Å². The van der Waals surface area contributed by atoms with Crippen molar-refractivity contribution >= 4 is 15.9 Å². The van der Waals surface area contributed by atoms with E-state index in [9.17, 15) is 0 Å². The fraction of sp³-hybridized carbons (Fsp3) is 0.400. The Hall–Kier alpha value is -1.13. The van der Waals surface area contributed by atoms with E-state index in [0.717, 1.165) is 28.7 Å². The Morgan fingerprint density at radius 3 is 2.58 bits per heavy atom. The summed E-state index contributed by atoms with van der Waals surface area (Å²) in [5.74, 6) is 0. The second kappa shape index (κ2) is 5.88. The highest BCUT2D eigenvalue weighted by atomic mass is 79.9. The molecular formula is C15H20BrN3. The average Bonchev–Trinajstić information content (AvgIpc) is 2.66. The summed E-state index contributed by atoms with van der Waals surface area (Å²) in [6, 6.07) is 6.28. The molecule has 19 heavy (non-hydrogen) atoms. The lowest BCUT2D eigenvalue weighted by atomic mass is 10.1. The zero-order valence-corrected chi connectivity index (χ0v) is 13.3. The smallest absolute Gasteiger partial charge is 0.0673 e. The lowest BCUT2D eigenvalue weighted by Crippen LogP contribution is -2.06. The maximum absolute atomic E-state index is 5.65. The predicted molar refractivity (Wildman–Crippen MR) is 82.2 cm³/mol. The molecule has 0 radical (unpaired) electrons. The van der Waals surface area contributed by atoms with E-state index in [0.29, 0.717) is 6.54 Å². The molecule has 102 valence electrons. The largest absolute Gasteiger partial charge is 0.326 e. The molecule has 1 aromatic carbocycles. The van der Waals surface area contributed by atoms with Gasteiger partial charge in [-0.15, -0.1) is 0 Å². The molecule has 2 N–H and O–H groups in total. The Kier molecular flexibility index (Phi) is 4.42. The minimum atomic E-state index is 0.568. The van der Waals surface area contributed by atoms with E-state index in [1.54, 1.807) is 0 Å². The first-order valence-electron chi connectivity index (χ1n) is 6.57. The van der Waals surface area contributed by atoms with E-state index in [2.05, 4.69) is 64.7 Å². The van der Waals surface area contributed by atoms with Gasteiger partial charge in [0.2, 0.25) is 0 Å². The number of rotatable bonds is 4. The number of nitrogens with two attached hydrogens (primary N) is 1. The van der Waals surface area contributed by atoms with Gasteiger partial charge >= 0.3 is 0 Å². The van der Waals surface area contributed by atoms with Crippen molar-refractivity contribution in [2.75, 3.05) is 0 Å². The normalized spacial score (nSPS) is 11.0. The monoisotopic (exact) mass is 321 g/mol. The maximum Gasteiger partial charge on any atom is 0.0673 e. The molecule has 2 rings (SSSR count). The number of benzene rings is 1. The van der Waals surface area contributed by atoms with Crippen LogP contribution in [-0.4, -0.2) is 9.78 Å². The van der Waals surface area contributed by atoms with E-state index in [-0.39, 0.29) is 0 Å². The van der Waals surface area contributed by atoms with Gasteiger partial charge < -0.3 is 5.73 Å². The van der Waals surface area contributed by atoms with Gasteiger partial charge in [-0.2, -0.15) is 5.10 Å². The summed E-state index contributed by atoms with van der Waals surface area (Å²) in [6.45, 7) is 7.75. The van der Waals surface area contributed by atoms with E-state index in [1.165, 1.54) is 16.8 Å². The Morgan fingerprint density at radius 2 is 2.05 bits per heavy atom. The molecule has 4 heteroatoms. The Morgan fingerprint density at radius 1 is 1.32 bits per heavy atom. The lowest BCUT2D eigenvalue weighted by molar-refractivity contribution is 0.656. The van der Waals surface area contributed by atoms with Crippen LogP contribution in [0.5, 0.6) is 0 Å². The maximum atomic E-state index is 5.65. The molecule has 0 bridgehead atoms. The van der Waals surface area contributed by atoms with Gasteiger partial charge in [0.25, 0.3) is 0 Å². The number of hydrogen-bond acceptors (Lipinski definition) is 2. The SMILES string of the molecule is CCc1c(C)nn(Cc2ccc(CN)cc2Br)c1C. The number of aryl methyl sites for hydroxylation is 1. The minimum Gasteiger partial charge on any atom is -0.326 e. The highest BCUT2D eigenvalue weighted by Gasteiger charge is 2.11. The first-order chi connectivity index (χ1) is 9.06. The van der Waals surface area contributed by atoms with Gasteiger partial charge in [0.15, 0.2) is 0 Å². The minimum absolute atomic E-state index is 0.568.